The lowest BCUT2D eigenvalue weighted by molar-refractivity contribution is 0.00578. The highest BCUT2D eigenvalue weighted by atomic mass is 16.7. The molecule has 4 nitrogen and oxygen atoms in total. The van der Waals surface area contributed by atoms with Crippen molar-refractivity contribution < 1.29 is 14.0 Å². The molecule has 0 spiro atoms. The van der Waals surface area contributed by atoms with Gasteiger partial charge in [0.05, 0.1) is 11.2 Å². The van der Waals surface area contributed by atoms with Crippen molar-refractivity contribution in [3.63, 3.8) is 0 Å². The predicted molar refractivity (Wildman–Crippen MR) is 119 cm³/mol. The van der Waals surface area contributed by atoms with Gasteiger partial charge in [-0.15, -0.1) is 0 Å². The van der Waals surface area contributed by atoms with Crippen molar-refractivity contribution in [1.82, 2.24) is 4.90 Å². The third kappa shape index (κ3) is 5.00. The smallest absolute Gasteiger partial charge is 0.490 e. The van der Waals surface area contributed by atoms with Crippen LogP contribution in [0.15, 0.2) is 24.3 Å². The summed E-state index contributed by atoms with van der Waals surface area (Å²) >= 11 is 0. The van der Waals surface area contributed by atoms with E-state index >= 15 is 0 Å². The zero-order valence-corrected chi connectivity index (χ0v) is 18.8. The maximum atomic E-state index is 6.28. The molecule has 1 aliphatic carbocycles. The van der Waals surface area contributed by atoms with Crippen molar-refractivity contribution in [2.45, 2.75) is 89.9 Å². The average Bonchev–Trinajstić information content (AvgIpc) is 2.92. The Balaban J connectivity index is 1.25. The minimum atomic E-state index is -0.308. The number of benzene rings is 1. The Labute approximate surface area is 177 Å². The number of nitrogens with zero attached hydrogens (tertiary/aromatic N) is 1. The van der Waals surface area contributed by atoms with Gasteiger partial charge in [0.15, 0.2) is 0 Å². The van der Waals surface area contributed by atoms with Gasteiger partial charge in [-0.1, -0.05) is 31.4 Å². The third-order valence-corrected chi connectivity index (χ3v) is 7.48. The van der Waals surface area contributed by atoms with Gasteiger partial charge >= 0.3 is 7.12 Å². The van der Waals surface area contributed by atoms with Crippen LogP contribution >= 0.6 is 0 Å². The SMILES string of the molecule is CC1(C)OB(c2ccc(OC3CCN(CC4CCCCC4)CC3)cc2)OC1(C)C. The van der Waals surface area contributed by atoms with E-state index in [0.717, 1.165) is 30.0 Å². The second-order valence-electron chi connectivity index (χ2n) is 10.3. The van der Waals surface area contributed by atoms with E-state index in [1.54, 1.807) is 0 Å². The highest BCUT2D eigenvalue weighted by molar-refractivity contribution is 6.62. The summed E-state index contributed by atoms with van der Waals surface area (Å²) in [6.45, 7) is 12.0. The van der Waals surface area contributed by atoms with Crippen molar-refractivity contribution in [3.05, 3.63) is 24.3 Å². The largest absolute Gasteiger partial charge is 0.494 e. The number of ether oxygens (including phenoxy) is 1. The first-order chi connectivity index (χ1) is 13.8. The monoisotopic (exact) mass is 399 g/mol. The summed E-state index contributed by atoms with van der Waals surface area (Å²) < 4.78 is 18.6. The van der Waals surface area contributed by atoms with Gasteiger partial charge in [0.25, 0.3) is 0 Å². The molecular formula is C24H38BNO3. The molecule has 5 heteroatoms. The Morgan fingerprint density at radius 2 is 1.48 bits per heavy atom. The topological polar surface area (TPSA) is 30.9 Å². The molecule has 0 radical (unpaired) electrons. The van der Waals surface area contributed by atoms with Crippen LogP contribution in [0.5, 0.6) is 5.75 Å². The molecule has 3 aliphatic rings. The number of piperidine rings is 1. The summed E-state index contributed by atoms with van der Waals surface area (Å²) in [5.41, 5.74) is 0.440. The fourth-order valence-electron chi connectivity index (χ4n) is 4.82. The summed E-state index contributed by atoms with van der Waals surface area (Å²) in [5, 5.41) is 0. The van der Waals surface area contributed by atoms with Crippen LogP contribution in [-0.2, 0) is 9.31 Å². The number of hydrogen-bond donors (Lipinski definition) is 0. The Morgan fingerprint density at radius 1 is 0.897 bits per heavy atom. The van der Waals surface area contributed by atoms with Crippen LogP contribution in [0.1, 0.15) is 72.6 Å². The molecular weight excluding hydrogens is 361 g/mol. The molecule has 2 saturated heterocycles. The first-order valence-corrected chi connectivity index (χ1v) is 11.7. The molecule has 4 rings (SSSR count). The van der Waals surface area contributed by atoms with E-state index in [0.29, 0.717) is 6.10 Å². The molecule has 29 heavy (non-hydrogen) atoms. The molecule has 0 amide bonds. The number of rotatable bonds is 5. The van der Waals surface area contributed by atoms with Crippen LogP contribution < -0.4 is 10.2 Å². The van der Waals surface area contributed by atoms with Crippen LogP contribution in [0.4, 0.5) is 0 Å². The molecule has 3 fully saturated rings. The molecule has 2 heterocycles. The van der Waals surface area contributed by atoms with Gasteiger partial charge in [-0.2, -0.15) is 0 Å². The van der Waals surface area contributed by atoms with Crippen molar-refractivity contribution in [1.29, 1.82) is 0 Å². The maximum Gasteiger partial charge on any atom is 0.494 e. The van der Waals surface area contributed by atoms with Crippen molar-refractivity contribution >= 4 is 12.6 Å². The van der Waals surface area contributed by atoms with E-state index in [1.165, 1.54) is 51.7 Å². The second kappa shape index (κ2) is 8.60. The van der Waals surface area contributed by atoms with Gasteiger partial charge in [0.1, 0.15) is 11.9 Å². The fourth-order valence-corrected chi connectivity index (χ4v) is 4.82. The Bertz CT molecular complexity index is 645. The molecule has 0 unspecified atom stereocenters. The zero-order chi connectivity index (χ0) is 20.5. The van der Waals surface area contributed by atoms with Gasteiger partial charge in [-0.3, -0.25) is 0 Å². The molecule has 2 aliphatic heterocycles. The summed E-state index contributed by atoms with van der Waals surface area (Å²) in [6, 6.07) is 8.29. The molecule has 0 aromatic heterocycles. The summed E-state index contributed by atoms with van der Waals surface area (Å²) in [7, 11) is -0.308. The van der Waals surface area contributed by atoms with Crippen molar-refractivity contribution in [2.24, 2.45) is 5.92 Å². The third-order valence-electron chi connectivity index (χ3n) is 7.48. The Kier molecular flexibility index (Phi) is 6.29. The quantitative estimate of drug-likeness (QED) is 0.687. The van der Waals surface area contributed by atoms with Crippen molar-refractivity contribution in [2.75, 3.05) is 19.6 Å². The van der Waals surface area contributed by atoms with Crippen LogP contribution in [0.3, 0.4) is 0 Å². The lowest BCUT2D eigenvalue weighted by Crippen LogP contribution is -2.41. The van der Waals surface area contributed by atoms with Gasteiger partial charge in [-0.25, -0.2) is 0 Å². The molecule has 160 valence electrons. The Hall–Kier alpha value is -1.04. The van der Waals surface area contributed by atoms with E-state index in [4.69, 9.17) is 14.0 Å². The zero-order valence-electron chi connectivity index (χ0n) is 18.8. The fraction of sp³-hybridized carbons (Fsp3) is 0.750. The summed E-state index contributed by atoms with van der Waals surface area (Å²) in [5.74, 6) is 1.89. The standard InChI is InChI=1S/C24H38BNO3/c1-23(2)24(3,4)29-25(28-23)20-10-12-21(13-11-20)27-22-14-16-26(17-15-22)18-19-8-6-5-7-9-19/h10-13,19,22H,5-9,14-18H2,1-4H3. The molecule has 0 bridgehead atoms. The molecule has 1 aromatic carbocycles. The summed E-state index contributed by atoms with van der Waals surface area (Å²) in [6.07, 6.45) is 9.78. The van der Waals surface area contributed by atoms with Gasteiger partial charge in [-0.05, 0) is 76.9 Å². The lowest BCUT2D eigenvalue weighted by atomic mass is 9.79. The van der Waals surface area contributed by atoms with E-state index in [9.17, 15) is 0 Å². The van der Waals surface area contributed by atoms with Crippen molar-refractivity contribution in [3.8, 4) is 5.75 Å². The minimum absolute atomic E-state index is 0.307. The highest BCUT2D eigenvalue weighted by Gasteiger charge is 2.51. The molecule has 1 aromatic rings. The van der Waals surface area contributed by atoms with Gasteiger partial charge < -0.3 is 18.9 Å². The maximum absolute atomic E-state index is 6.28. The Morgan fingerprint density at radius 3 is 2.07 bits per heavy atom. The highest BCUT2D eigenvalue weighted by Crippen LogP contribution is 2.36. The van der Waals surface area contributed by atoms with E-state index < -0.39 is 0 Å². The normalized spacial score (nSPS) is 26.0. The summed E-state index contributed by atoms with van der Waals surface area (Å²) in [4.78, 5) is 2.66. The van der Waals surface area contributed by atoms with E-state index in [2.05, 4.69) is 56.9 Å². The number of hydrogen-bond acceptors (Lipinski definition) is 4. The minimum Gasteiger partial charge on any atom is -0.490 e. The molecule has 1 saturated carbocycles. The van der Waals surface area contributed by atoms with Gasteiger partial charge in [0, 0.05) is 19.6 Å². The lowest BCUT2D eigenvalue weighted by Gasteiger charge is -2.35. The molecule has 0 atom stereocenters. The predicted octanol–water partition coefficient (Wildman–Crippen LogP) is 4.41. The van der Waals surface area contributed by atoms with E-state index in [1.807, 2.05) is 0 Å². The number of likely N-dealkylation sites (tertiary alicyclic amines) is 1. The average molecular weight is 399 g/mol. The second-order valence-corrected chi connectivity index (χ2v) is 10.3. The first kappa shape index (κ1) is 21.2. The first-order valence-electron chi connectivity index (χ1n) is 11.7. The van der Waals surface area contributed by atoms with Gasteiger partial charge in [0.2, 0.25) is 0 Å². The van der Waals surface area contributed by atoms with Crippen LogP contribution in [-0.4, -0.2) is 49.0 Å². The van der Waals surface area contributed by atoms with E-state index in [-0.39, 0.29) is 18.3 Å². The van der Waals surface area contributed by atoms with Crippen LogP contribution in [0.25, 0.3) is 0 Å². The van der Waals surface area contributed by atoms with Crippen LogP contribution in [0, 0.1) is 5.92 Å². The van der Waals surface area contributed by atoms with Crippen LogP contribution in [0.2, 0.25) is 0 Å². The molecule has 0 N–H and O–H groups in total.